The van der Waals surface area contributed by atoms with Gasteiger partial charge in [0.15, 0.2) is 0 Å². The van der Waals surface area contributed by atoms with E-state index in [0.717, 1.165) is 37.8 Å². The Balaban J connectivity index is 2.00. The van der Waals surface area contributed by atoms with Crippen LogP contribution in [0.4, 0.5) is 13.2 Å². The molecule has 0 radical (unpaired) electrons. The first-order valence-corrected chi connectivity index (χ1v) is 7.94. The summed E-state index contributed by atoms with van der Waals surface area (Å²) in [5.41, 5.74) is -0.611. The first kappa shape index (κ1) is 18.3. The molecule has 0 saturated heterocycles. The number of carboxylic acids is 1. The average molecular weight is 343 g/mol. The number of amides is 1. The number of carbonyl (C=O) groups excluding carboxylic acids is 1. The van der Waals surface area contributed by atoms with Crippen molar-refractivity contribution in [2.75, 3.05) is 0 Å². The van der Waals surface area contributed by atoms with Gasteiger partial charge >= 0.3 is 12.1 Å². The topological polar surface area (TPSA) is 66.4 Å². The van der Waals surface area contributed by atoms with Crippen LogP contribution in [-0.4, -0.2) is 23.0 Å². The molecule has 2 rings (SSSR count). The van der Waals surface area contributed by atoms with Crippen LogP contribution in [0.3, 0.4) is 0 Å². The zero-order valence-electron chi connectivity index (χ0n) is 13.1. The van der Waals surface area contributed by atoms with E-state index in [-0.39, 0.29) is 30.2 Å². The number of aliphatic carboxylic acids is 1. The monoisotopic (exact) mass is 343 g/mol. The molecule has 1 aliphatic rings. The van der Waals surface area contributed by atoms with Crippen LogP contribution in [0.5, 0.6) is 0 Å². The van der Waals surface area contributed by atoms with Crippen LogP contribution >= 0.6 is 0 Å². The SMILES string of the molecule is O=C(CC1CCCC1)N[C@@H](Cc1cccc(C(F)(F)F)c1)C(=O)O. The molecule has 0 aromatic heterocycles. The highest BCUT2D eigenvalue weighted by Gasteiger charge is 2.31. The molecule has 1 saturated carbocycles. The molecule has 0 unspecified atom stereocenters. The van der Waals surface area contributed by atoms with Crippen molar-refractivity contribution >= 4 is 11.9 Å². The molecule has 1 aromatic carbocycles. The summed E-state index contributed by atoms with van der Waals surface area (Å²) in [5.74, 6) is -1.35. The van der Waals surface area contributed by atoms with Gasteiger partial charge in [-0.1, -0.05) is 31.0 Å². The largest absolute Gasteiger partial charge is 0.480 e. The summed E-state index contributed by atoms with van der Waals surface area (Å²) in [4.78, 5) is 23.3. The maximum Gasteiger partial charge on any atom is 0.416 e. The van der Waals surface area contributed by atoms with Crippen LogP contribution in [0.15, 0.2) is 24.3 Å². The molecule has 1 aliphatic carbocycles. The standard InChI is InChI=1S/C17H20F3NO3/c18-17(19,20)13-7-3-6-12(8-13)9-14(16(23)24)21-15(22)10-11-4-1-2-5-11/h3,6-8,11,14H,1-2,4-5,9-10H2,(H,21,22)(H,23,24)/t14-/m0/s1. The van der Waals surface area contributed by atoms with Crippen molar-refractivity contribution in [3.8, 4) is 0 Å². The Morgan fingerprint density at radius 3 is 2.50 bits per heavy atom. The van der Waals surface area contributed by atoms with Gasteiger partial charge in [-0.25, -0.2) is 4.79 Å². The average Bonchev–Trinajstić information content (AvgIpc) is 2.98. The van der Waals surface area contributed by atoms with E-state index in [1.807, 2.05) is 0 Å². The number of nitrogens with one attached hydrogen (secondary N) is 1. The van der Waals surface area contributed by atoms with Crippen LogP contribution in [0, 0.1) is 5.92 Å². The molecule has 0 bridgehead atoms. The third-order valence-corrected chi connectivity index (χ3v) is 4.28. The zero-order valence-corrected chi connectivity index (χ0v) is 13.1. The lowest BCUT2D eigenvalue weighted by molar-refractivity contribution is -0.141. The van der Waals surface area contributed by atoms with E-state index >= 15 is 0 Å². The molecule has 0 heterocycles. The molecule has 24 heavy (non-hydrogen) atoms. The number of hydrogen-bond acceptors (Lipinski definition) is 2. The molecular formula is C17H20F3NO3. The lowest BCUT2D eigenvalue weighted by Crippen LogP contribution is -2.42. The zero-order chi connectivity index (χ0) is 17.7. The fourth-order valence-electron chi connectivity index (χ4n) is 3.04. The number of halogens is 3. The number of rotatable bonds is 6. The number of hydrogen-bond donors (Lipinski definition) is 2. The third kappa shape index (κ3) is 5.25. The van der Waals surface area contributed by atoms with E-state index in [4.69, 9.17) is 0 Å². The van der Waals surface area contributed by atoms with Crippen molar-refractivity contribution in [3.05, 3.63) is 35.4 Å². The van der Waals surface area contributed by atoms with Crippen LogP contribution in [0.2, 0.25) is 0 Å². The second-order valence-electron chi connectivity index (χ2n) is 6.22. The fraction of sp³-hybridized carbons (Fsp3) is 0.529. The highest BCUT2D eigenvalue weighted by Crippen LogP contribution is 2.30. The van der Waals surface area contributed by atoms with Gasteiger partial charge in [-0.15, -0.1) is 0 Å². The molecule has 132 valence electrons. The van der Waals surface area contributed by atoms with Crippen LogP contribution in [0.25, 0.3) is 0 Å². The highest BCUT2D eigenvalue weighted by atomic mass is 19.4. The Bertz CT molecular complexity index is 595. The minimum Gasteiger partial charge on any atom is -0.480 e. The highest BCUT2D eigenvalue weighted by molar-refractivity contribution is 5.83. The van der Waals surface area contributed by atoms with Gasteiger partial charge in [-0.05, 0) is 30.4 Å². The molecule has 1 atom stereocenters. The van der Waals surface area contributed by atoms with Crippen molar-refractivity contribution < 1.29 is 27.9 Å². The minimum atomic E-state index is -4.49. The summed E-state index contributed by atoms with van der Waals surface area (Å²) in [6.45, 7) is 0. The second-order valence-corrected chi connectivity index (χ2v) is 6.22. The summed E-state index contributed by atoms with van der Waals surface area (Å²) < 4.78 is 38.1. The summed E-state index contributed by atoms with van der Waals surface area (Å²) in [6.07, 6.45) is -0.338. The van der Waals surface area contributed by atoms with Crippen molar-refractivity contribution in [1.29, 1.82) is 0 Å². The van der Waals surface area contributed by atoms with E-state index in [2.05, 4.69) is 5.32 Å². The van der Waals surface area contributed by atoms with Gasteiger partial charge in [0, 0.05) is 12.8 Å². The van der Waals surface area contributed by atoms with E-state index in [0.29, 0.717) is 0 Å². The van der Waals surface area contributed by atoms with Gasteiger partial charge in [-0.2, -0.15) is 13.2 Å². The lowest BCUT2D eigenvalue weighted by atomic mass is 10.0. The lowest BCUT2D eigenvalue weighted by Gasteiger charge is -2.17. The number of carbonyl (C=O) groups is 2. The van der Waals surface area contributed by atoms with Gasteiger partial charge < -0.3 is 10.4 Å². The Morgan fingerprint density at radius 2 is 1.92 bits per heavy atom. The first-order valence-electron chi connectivity index (χ1n) is 7.94. The van der Waals surface area contributed by atoms with Crippen molar-refractivity contribution in [2.45, 2.75) is 50.7 Å². The number of benzene rings is 1. The molecular weight excluding hydrogens is 323 g/mol. The van der Waals surface area contributed by atoms with Gasteiger partial charge in [0.2, 0.25) is 5.91 Å². The van der Waals surface area contributed by atoms with E-state index in [9.17, 15) is 27.9 Å². The van der Waals surface area contributed by atoms with Gasteiger partial charge in [0.1, 0.15) is 6.04 Å². The Labute approximate surface area is 138 Å². The van der Waals surface area contributed by atoms with Crippen LogP contribution in [0.1, 0.15) is 43.2 Å². The Kier molecular flexibility index (Phi) is 5.85. The van der Waals surface area contributed by atoms with Gasteiger partial charge in [-0.3, -0.25) is 4.79 Å². The van der Waals surface area contributed by atoms with Gasteiger partial charge in [0.25, 0.3) is 0 Å². The number of alkyl halides is 3. The molecule has 1 amide bonds. The summed E-state index contributed by atoms with van der Waals surface area (Å²) in [7, 11) is 0. The molecule has 1 aromatic rings. The molecule has 0 aliphatic heterocycles. The molecule has 7 heteroatoms. The normalized spacial score (nSPS) is 16.8. The summed E-state index contributed by atoms with van der Waals surface area (Å²) in [5, 5.41) is 11.7. The smallest absolute Gasteiger partial charge is 0.416 e. The van der Waals surface area contributed by atoms with Crippen LogP contribution < -0.4 is 5.32 Å². The minimum absolute atomic E-state index is 0.185. The first-order chi connectivity index (χ1) is 11.3. The maximum atomic E-state index is 12.7. The third-order valence-electron chi connectivity index (χ3n) is 4.28. The van der Waals surface area contributed by atoms with Crippen LogP contribution in [-0.2, 0) is 22.2 Å². The predicted molar refractivity (Wildman–Crippen MR) is 81.3 cm³/mol. The quantitative estimate of drug-likeness (QED) is 0.832. The molecule has 4 nitrogen and oxygen atoms in total. The fourth-order valence-corrected chi connectivity index (χ4v) is 3.04. The van der Waals surface area contributed by atoms with E-state index in [1.54, 1.807) is 0 Å². The van der Waals surface area contributed by atoms with Crippen molar-refractivity contribution in [3.63, 3.8) is 0 Å². The van der Waals surface area contributed by atoms with Gasteiger partial charge in [0.05, 0.1) is 5.56 Å². The predicted octanol–water partition coefficient (Wildman–Crippen LogP) is 3.40. The van der Waals surface area contributed by atoms with E-state index < -0.39 is 23.8 Å². The van der Waals surface area contributed by atoms with E-state index in [1.165, 1.54) is 12.1 Å². The molecule has 2 N–H and O–H groups in total. The maximum absolute atomic E-state index is 12.7. The molecule has 0 spiro atoms. The Hall–Kier alpha value is -2.05. The molecule has 1 fully saturated rings. The second kappa shape index (κ2) is 7.68. The van der Waals surface area contributed by atoms with Crippen molar-refractivity contribution in [2.24, 2.45) is 5.92 Å². The summed E-state index contributed by atoms with van der Waals surface area (Å²) >= 11 is 0. The summed E-state index contributed by atoms with van der Waals surface area (Å²) in [6, 6.07) is 3.27. The number of carboxylic acid groups (broad SMARTS) is 1. The Morgan fingerprint density at radius 1 is 1.25 bits per heavy atom. The van der Waals surface area contributed by atoms with Crippen molar-refractivity contribution in [1.82, 2.24) is 5.32 Å².